The number of carbonyl (C=O) groups is 4. The van der Waals surface area contributed by atoms with Gasteiger partial charge in [0.15, 0.2) is 23.0 Å². The van der Waals surface area contributed by atoms with Gasteiger partial charge >= 0.3 is 0 Å². The molecule has 10 N–H and O–H groups in total. The molecular formula is C50H52N6O10. The van der Waals surface area contributed by atoms with Crippen LogP contribution >= 0.6 is 0 Å². The predicted molar refractivity (Wildman–Crippen MR) is 253 cm³/mol. The Labute approximate surface area is 380 Å². The Balaban J connectivity index is 1.41. The van der Waals surface area contributed by atoms with Crippen molar-refractivity contribution in [2.24, 2.45) is 10.2 Å². The lowest BCUT2D eigenvalue weighted by Crippen LogP contribution is -2.29. The minimum atomic E-state index is -0.655. The zero-order valence-corrected chi connectivity index (χ0v) is 37.3. The van der Waals surface area contributed by atoms with Crippen molar-refractivity contribution in [3.63, 3.8) is 0 Å². The van der Waals surface area contributed by atoms with Crippen molar-refractivity contribution in [3.8, 4) is 45.6 Å². The van der Waals surface area contributed by atoms with Gasteiger partial charge in [-0.15, -0.1) is 0 Å². The van der Waals surface area contributed by atoms with Crippen LogP contribution in [-0.4, -0.2) is 79.8 Å². The number of hydrogen-bond donors (Lipinski definition) is 10. The lowest BCUT2D eigenvalue weighted by Gasteiger charge is -2.26. The predicted octanol–water partition coefficient (Wildman–Crippen LogP) is 7.30. The molecule has 0 aromatic heterocycles. The fourth-order valence-electron chi connectivity index (χ4n) is 8.33. The number of phenolic OH excluding ortho intramolecular Hbond substituents is 6. The van der Waals surface area contributed by atoms with Crippen molar-refractivity contribution in [2.75, 3.05) is 13.1 Å². The lowest BCUT2D eigenvalue weighted by atomic mass is 9.79. The number of hydrazone groups is 2. The van der Waals surface area contributed by atoms with E-state index in [1.165, 1.54) is 12.1 Å². The van der Waals surface area contributed by atoms with Gasteiger partial charge in [0.05, 0.1) is 23.6 Å². The van der Waals surface area contributed by atoms with E-state index in [1.807, 2.05) is 27.7 Å². The zero-order chi connectivity index (χ0) is 48.0. The summed E-state index contributed by atoms with van der Waals surface area (Å²) in [5, 5.41) is 83.6. The number of rotatable bonds is 15. The summed E-state index contributed by atoms with van der Waals surface area (Å²) in [6, 6.07) is 19.6. The summed E-state index contributed by atoms with van der Waals surface area (Å²) in [7, 11) is 0. The average Bonchev–Trinajstić information content (AvgIpc) is 3.27. The van der Waals surface area contributed by atoms with Gasteiger partial charge in [0.25, 0.3) is 11.8 Å². The van der Waals surface area contributed by atoms with Crippen molar-refractivity contribution in [1.29, 1.82) is 0 Å². The Morgan fingerprint density at radius 2 is 0.894 bits per heavy atom. The summed E-state index contributed by atoms with van der Waals surface area (Å²) in [6.07, 6.45) is 1.87. The highest BCUT2D eigenvalue weighted by Crippen LogP contribution is 2.54. The quantitative estimate of drug-likeness (QED) is 0.0279. The number of carbonyl (C=O) groups excluding carboxylic acids is 4. The van der Waals surface area contributed by atoms with Gasteiger partial charge in [-0.25, -0.2) is 10.9 Å². The van der Waals surface area contributed by atoms with E-state index in [0.717, 1.165) is 12.4 Å². The molecule has 66 heavy (non-hydrogen) atoms. The SMILES string of the molecule is Cc1c(-c2c(C)c(C(C)C)c3cc(O)c(O)c(/C=N\NC(=O)CCNC(=O)c4ccccc4)c3c2O)c(O)c2c(/C=N\NC(=O)CCNC(=O)c3ccccc3)c(O)c(O)cc2c1C(C)C. The van der Waals surface area contributed by atoms with Crippen molar-refractivity contribution in [1.82, 2.24) is 21.5 Å². The highest BCUT2D eigenvalue weighted by Gasteiger charge is 2.30. The van der Waals surface area contributed by atoms with Crippen LogP contribution in [0.5, 0.6) is 34.5 Å². The Morgan fingerprint density at radius 3 is 1.23 bits per heavy atom. The minimum Gasteiger partial charge on any atom is -0.507 e. The number of nitrogens with one attached hydrogen (secondary N) is 4. The molecule has 0 fully saturated rings. The van der Waals surface area contributed by atoms with E-state index in [4.69, 9.17) is 0 Å². The van der Waals surface area contributed by atoms with E-state index >= 15 is 0 Å². The number of benzene rings is 6. The first-order valence-electron chi connectivity index (χ1n) is 21.2. The molecule has 0 atom stereocenters. The minimum absolute atomic E-state index is 0.000412. The summed E-state index contributed by atoms with van der Waals surface area (Å²) in [5.41, 5.74) is 7.81. The number of nitrogens with zero attached hydrogens (tertiary/aromatic N) is 2. The molecule has 0 heterocycles. The van der Waals surface area contributed by atoms with Crippen LogP contribution in [0.4, 0.5) is 0 Å². The van der Waals surface area contributed by atoms with Gasteiger partial charge < -0.3 is 41.3 Å². The Hall–Kier alpha value is -8.14. The van der Waals surface area contributed by atoms with Crippen LogP contribution in [0.25, 0.3) is 32.7 Å². The van der Waals surface area contributed by atoms with Gasteiger partial charge in [-0.1, -0.05) is 64.1 Å². The van der Waals surface area contributed by atoms with E-state index in [2.05, 4.69) is 31.7 Å². The third-order valence-corrected chi connectivity index (χ3v) is 11.2. The highest BCUT2D eigenvalue weighted by atomic mass is 16.3. The molecule has 16 heteroatoms. The molecule has 0 spiro atoms. The fourth-order valence-corrected chi connectivity index (χ4v) is 8.33. The molecular weight excluding hydrogens is 845 g/mol. The normalized spacial score (nSPS) is 11.6. The monoisotopic (exact) mass is 896 g/mol. The molecule has 0 unspecified atom stereocenters. The molecule has 0 aliphatic carbocycles. The summed E-state index contributed by atoms with van der Waals surface area (Å²) in [5.74, 6) is -5.61. The maximum atomic E-state index is 12.8. The average molecular weight is 897 g/mol. The first-order valence-corrected chi connectivity index (χ1v) is 21.2. The van der Waals surface area contributed by atoms with E-state index in [-0.39, 0.29) is 82.6 Å². The van der Waals surface area contributed by atoms with Crippen molar-refractivity contribution < 1.29 is 49.8 Å². The third kappa shape index (κ3) is 9.67. The van der Waals surface area contributed by atoms with Crippen LogP contribution in [0, 0.1) is 13.8 Å². The second kappa shape index (κ2) is 20.1. The molecule has 0 bridgehead atoms. The largest absolute Gasteiger partial charge is 0.507 e. The summed E-state index contributed by atoms with van der Waals surface area (Å²) < 4.78 is 0. The standard InChI is InChI=1S/C50H52N6O10/c1-25(2)39-27(5)41(47(63)43-31(39)21-35(57)45(61)33(43)23-53-55-37(59)17-19-51-49(65)29-13-9-7-10-14-29)42-28(6)40(26(3)4)32-22-36(58)46(62)34(44(32)48(42)64)24-54-56-38(60)18-20-52-50(66)30-15-11-8-12-16-30/h7-16,21-26,57-58,61-64H,17-20H2,1-6H3,(H,51,65)(H,52,66)(H,55,59)(H,56,60)/b53-23-,54-24-. The van der Waals surface area contributed by atoms with Gasteiger partial charge in [-0.3, -0.25) is 19.2 Å². The van der Waals surface area contributed by atoms with Crippen molar-refractivity contribution >= 4 is 57.6 Å². The van der Waals surface area contributed by atoms with E-state index in [0.29, 0.717) is 44.2 Å². The van der Waals surface area contributed by atoms with E-state index < -0.39 is 46.3 Å². The second-order valence-electron chi connectivity index (χ2n) is 16.3. The highest BCUT2D eigenvalue weighted by molar-refractivity contribution is 6.15. The molecule has 0 saturated heterocycles. The Morgan fingerprint density at radius 1 is 0.545 bits per heavy atom. The smallest absolute Gasteiger partial charge is 0.251 e. The van der Waals surface area contributed by atoms with Crippen LogP contribution in [-0.2, 0) is 9.59 Å². The molecule has 0 aliphatic heterocycles. The van der Waals surface area contributed by atoms with Crippen LogP contribution in [0.2, 0.25) is 0 Å². The molecule has 6 aromatic rings. The lowest BCUT2D eigenvalue weighted by molar-refractivity contribution is -0.121. The van der Waals surface area contributed by atoms with Crippen molar-refractivity contribution in [2.45, 2.75) is 66.2 Å². The number of fused-ring (bicyclic) bond motifs is 2. The van der Waals surface area contributed by atoms with Gasteiger partial charge in [0.1, 0.15) is 11.5 Å². The molecule has 6 rings (SSSR count). The van der Waals surface area contributed by atoms with Crippen LogP contribution in [0.3, 0.4) is 0 Å². The maximum Gasteiger partial charge on any atom is 0.251 e. The Bertz CT molecular complexity index is 2730. The van der Waals surface area contributed by atoms with Crippen LogP contribution in [0.1, 0.15) is 106 Å². The number of aromatic hydroxyl groups is 6. The molecule has 16 nitrogen and oxygen atoms in total. The zero-order valence-electron chi connectivity index (χ0n) is 37.3. The van der Waals surface area contributed by atoms with Gasteiger partial charge in [-0.2, -0.15) is 10.2 Å². The third-order valence-electron chi connectivity index (χ3n) is 11.2. The van der Waals surface area contributed by atoms with Crippen LogP contribution in [0.15, 0.2) is 83.0 Å². The van der Waals surface area contributed by atoms with Gasteiger partial charge in [0.2, 0.25) is 11.8 Å². The molecule has 4 amide bonds. The molecule has 0 radical (unpaired) electrons. The number of hydrogen-bond acceptors (Lipinski definition) is 12. The van der Waals surface area contributed by atoms with Crippen LogP contribution < -0.4 is 21.5 Å². The first kappa shape index (κ1) is 47.3. The van der Waals surface area contributed by atoms with Gasteiger partial charge in [0, 0.05) is 59.0 Å². The summed E-state index contributed by atoms with van der Waals surface area (Å²) in [4.78, 5) is 50.4. The Kier molecular flexibility index (Phi) is 14.4. The second-order valence-corrected chi connectivity index (χ2v) is 16.3. The molecule has 0 saturated carbocycles. The molecule has 0 aliphatic rings. The molecule has 6 aromatic carbocycles. The summed E-state index contributed by atoms with van der Waals surface area (Å²) >= 11 is 0. The van der Waals surface area contributed by atoms with Gasteiger partial charge in [-0.05, 0) is 95.1 Å². The summed E-state index contributed by atoms with van der Waals surface area (Å²) in [6.45, 7) is 11.1. The molecule has 342 valence electrons. The fraction of sp³-hybridized carbons (Fsp3) is 0.240. The van der Waals surface area contributed by atoms with E-state index in [9.17, 15) is 49.8 Å². The first-order chi connectivity index (χ1) is 31.4. The number of phenols is 6. The van der Waals surface area contributed by atoms with E-state index in [1.54, 1.807) is 74.5 Å². The van der Waals surface area contributed by atoms with Crippen molar-refractivity contribution in [3.05, 3.63) is 117 Å². The maximum absolute atomic E-state index is 12.8. The number of amides is 4. The topological polar surface area (TPSA) is 262 Å².